The van der Waals surface area contributed by atoms with Crippen LogP contribution >= 0.6 is 11.8 Å². The number of Topliss-reactive ketones (excluding diaryl/α,β-unsaturated/α-hetero) is 1. The number of amides is 1. The van der Waals surface area contributed by atoms with Gasteiger partial charge in [0.15, 0.2) is 12.4 Å². The fraction of sp³-hybridized carbons (Fsp3) is 0.438. The molecule has 1 rings (SSSR count). The standard InChI is InChI=1S/C16H21NO4S/c1-10(14(17)19)22-12-8-6-5-7-11(12)15(20)21-9-13(18)16(2,3)4/h5-8,10H,9H2,1-4H3,(H2,17,19)/t10-/m1/s1. The van der Waals surface area contributed by atoms with E-state index in [1.54, 1.807) is 52.0 Å². The molecule has 2 N–H and O–H groups in total. The van der Waals surface area contributed by atoms with Gasteiger partial charge < -0.3 is 10.5 Å². The average molecular weight is 323 g/mol. The topological polar surface area (TPSA) is 86.5 Å². The maximum absolute atomic E-state index is 12.1. The predicted octanol–water partition coefficient (Wildman–Crippen LogP) is 2.42. The minimum Gasteiger partial charge on any atom is -0.454 e. The lowest BCUT2D eigenvalue weighted by Crippen LogP contribution is -2.26. The molecule has 1 atom stereocenters. The van der Waals surface area contributed by atoms with E-state index in [0.717, 1.165) is 0 Å². The first-order valence-electron chi connectivity index (χ1n) is 6.88. The van der Waals surface area contributed by atoms with E-state index in [1.165, 1.54) is 11.8 Å². The number of nitrogens with two attached hydrogens (primary N) is 1. The molecule has 22 heavy (non-hydrogen) atoms. The Morgan fingerprint density at radius 3 is 2.36 bits per heavy atom. The number of benzene rings is 1. The van der Waals surface area contributed by atoms with Gasteiger partial charge in [-0.2, -0.15) is 0 Å². The van der Waals surface area contributed by atoms with Crippen molar-refractivity contribution in [3.8, 4) is 0 Å². The Morgan fingerprint density at radius 1 is 1.23 bits per heavy atom. The Labute approximate surface area is 134 Å². The number of ketones is 1. The van der Waals surface area contributed by atoms with Crippen molar-refractivity contribution in [2.75, 3.05) is 6.61 Å². The zero-order valence-corrected chi connectivity index (χ0v) is 14.0. The quantitative estimate of drug-likeness (QED) is 0.642. The van der Waals surface area contributed by atoms with Crippen LogP contribution in [0.5, 0.6) is 0 Å². The van der Waals surface area contributed by atoms with Crippen LogP contribution in [-0.4, -0.2) is 29.5 Å². The highest BCUT2D eigenvalue weighted by atomic mass is 32.2. The van der Waals surface area contributed by atoms with Crippen LogP contribution < -0.4 is 5.73 Å². The summed E-state index contributed by atoms with van der Waals surface area (Å²) in [7, 11) is 0. The highest BCUT2D eigenvalue weighted by molar-refractivity contribution is 8.00. The van der Waals surface area contributed by atoms with Crippen LogP contribution in [0.25, 0.3) is 0 Å². The number of primary amides is 1. The first-order valence-corrected chi connectivity index (χ1v) is 7.76. The molecule has 6 heteroatoms. The summed E-state index contributed by atoms with van der Waals surface area (Å²) in [6, 6.07) is 6.76. The minimum atomic E-state index is -0.586. The maximum Gasteiger partial charge on any atom is 0.339 e. The number of carbonyl (C=O) groups is 3. The molecule has 0 radical (unpaired) electrons. The van der Waals surface area contributed by atoms with Gasteiger partial charge in [-0.3, -0.25) is 9.59 Å². The second-order valence-electron chi connectivity index (χ2n) is 5.91. The molecule has 0 saturated carbocycles. The molecular weight excluding hydrogens is 302 g/mol. The van der Waals surface area contributed by atoms with Gasteiger partial charge in [-0.05, 0) is 19.1 Å². The van der Waals surface area contributed by atoms with Crippen molar-refractivity contribution in [3.63, 3.8) is 0 Å². The van der Waals surface area contributed by atoms with E-state index in [-0.39, 0.29) is 12.4 Å². The predicted molar refractivity (Wildman–Crippen MR) is 85.7 cm³/mol. The first-order chi connectivity index (χ1) is 10.1. The zero-order valence-electron chi connectivity index (χ0n) is 13.2. The SMILES string of the molecule is C[C@@H](Sc1ccccc1C(=O)OCC(=O)C(C)(C)C)C(N)=O. The number of esters is 1. The highest BCUT2D eigenvalue weighted by Gasteiger charge is 2.24. The van der Waals surface area contributed by atoms with Gasteiger partial charge in [0.05, 0.1) is 10.8 Å². The van der Waals surface area contributed by atoms with Crippen molar-refractivity contribution in [2.45, 2.75) is 37.8 Å². The number of ether oxygens (including phenoxy) is 1. The van der Waals surface area contributed by atoms with Crippen LogP contribution in [0, 0.1) is 5.41 Å². The number of thioether (sulfide) groups is 1. The molecule has 0 aliphatic heterocycles. The molecule has 120 valence electrons. The normalized spacial score (nSPS) is 12.5. The van der Waals surface area contributed by atoms with Gasteiger partial charge in [0.25, 0.3) is 0 Å². The van der Waals surface area contributed by atoms with E-state index in [4.69, 9.17) is 10.5 Å². The first kappa shape index (κ1) is 18.2. The third-order valence-electron chi connectivity index (χ3n) is 2.98. The van der Waals surface area contributed by atoms with Gasteiger partial charge in [0.2, 0.25) is 5.91 Å². The van der Waals surface area contributed by atoms with E-state index in [2.05, 4.69) is 0 Å². The molecular formula is C16H21NO4S. The Morgan fingerprint density at radius 2 is 1.82 bits per heavy atom. The largest absolute Gasteiger partial charge is 0.454 e. The van der Waals surface area contributed by atoms with Crippen LogP contribution in [-0.2, 0) is 14.3 Å². The third-order valence-corrected chi connectivity index (χ3v) is 4.18. The molecule has 0 aromatic heterocycles. The molecule has 0 bridgehead atoms. The van der Waals surface area contributed by atoms with Crippen LogP contribution in [0.4, 0.5) is 0 Å². The Balaban J connectivity index is 2.82. The summed E-state index contributed by atoms with van der Waals surface area (Å²) >= 11 is 1.19. The van der Waals surface area contributed by atoms with Gasteiger partial charge in [-0.15, -0.1) is 11.8 Å². The average Bonchev–Trinajstić information content (AvgIpc) is 2.43. The lowest BCUT2D eigenvalue weighted by molar-refractivity contribution is -0.129. The van der Waals surface area contributed by atoms with E-state index in [0.29, 0.717) is 10.5 Å². The van der Waals surface area contributed by atoms with Crippen molar-refractivity contribution in [2.24, 2.45) is 11.1 Å². The van der Waals surface area contributed by atoms with Crippen LogP contribution in [0.2, 0.25) is 0 Å². The van der Waals surface area contributed by atoms with Gasteiger partial charge in [0, 0.05) is 10.3 Å². The molecule has 0 unspecified atom stereocenters. The monoisotopic (exact) mass is 323 g/mol. The fourth-order valence-corrected chi connectivity index (χ4v) is 2.34. The number of rotatable bonds is 6. The molecule has 0 heterocycles. The van der Waals surface area contributed by atoms with Crippen molar-refractivity contribution >= 4 is 29.4 Å². The molecule has 5 nitrogen and oxygen atoms in total. The van der Waals surface area contributed by atoms with Crippen LogP contribution in [0.1, 0.15) is 38.1 Å². The van der Waals surface area contributed by atoms with E-state index < -0.39 is 22.5 Å². The Bertz CT molecular complexity index is 578. The number of hydrogen-bond donors (Lipinski definition) is 1. The lowest BCUT2D eigenvalue weighted by atomic mass is 9.91. The highest BCUT2D eigenvalue weighted by Crippen LogP contribution is 2.27. The maximum atomic E-state index is 12.1. The van der Waals surface area contributed by atoms with E-state index in [1.807, 2.05) is 0 Å². The smallest absolute Gasteiger partial charge is 0.339 e. The van der Waals surface area contributed by atoms with Gasteiger partial charge in [-0.1, -0.05) is 32.9 Å². The summed E-state index contributed by atoms with van der Waals surface area (Å²) in [4.78, 5) is 35.7. The van der Waals surface area contributed by atoms with Gasteiger partial charge >= 0.3 is 5.97 Å². The summed E-state index contributed by atoms with van der Waals surface area (Å²) in [6.45, 7) is 6.69. The molecule has 0 spiro atoms. The van der Waals surface area contributed by atoms with Crippen molar-refractivity contribution < 1.29 is 19.1 Å². The lowest BCUT2D eigenvalue weighted by Gasteiger charge is -2.17. The zero-order chi connectivity index (χ0) is 16.9. The van der Waals surface area contributed by atoms with Crippen molar-refractivity contribution in [3.05, 3.63) is 29.8 Å². The van der Waals surface area contributed by atoms with Gasteiger partial charge in [-0.25, -0.2) is 4.79 Å². The molecule has 1 amide bonds. The van der Waals surface area contributed by atoms with Crippen LogP contribution in [0.15, 0.2) is 29.2 Å². The molecule has 0 aliphatic rings. The third kappa shape index (κ3) is 5.18. The van der Waals surface area contributed by atoms with Crippen molar-refractivity contribution in [1.29, 1.82) is 0 Å². The minimum absolute atomic E-state index is 0.156. The van der Waals surface area contributed by atoms with Crippen molar-refractivity contribution in [1.82, 2.24) is 0 Å². The summed E-state index contributed by atoms with van der Waals surface area (Å²) in [5.41, 5.74) is 5.00. The summed E-state index contributed by atoms with van der Waals surface area (Å²) in [5.74, 6) is -1.20. The van der Waals surface area contributed by atoms with E-state index >= 15 is 0 Å². The summed E-state index contributed by atoms with van der Waals surface area (Å²) in [5, 5.41) is -0.467. The molecule has 0 fully saturated rings. The summed E-state index contributed by atoms with van der Waals surface area (Å²) < 4.78 is 5.08. The molecule has 1 aromatic rings. The van der Waals surface area contributed by atoms with Crippen LogP contribution in [0.3, 0.4) is 0 Å². The molecule has 0 saturated heterocycles. The number of hydrogen-bond acceptors (Lipinski definition) is 5. The second-order valence-corrected chi connectivity index (χ2v) is 7.29. The molecule has 1 aromatic carbocycles. The number of carbonyl (C=O) groups excluding carboxylic acids is 3. The summed E-state index contributed by atoms with van der Waals surface area (Å²) in [6.07, 6.45) is 0. The van der Waals surface area contributed by atoms with Gasteiger partial charge in [0.1, 0.15) is 0 Å². The second kappa shape index (κ2) is 7.45. The molecule has 0 aliphatic carbocycles. The Kier molecular flexibility index (Phi) is 6.17. The Hall–Kier alpha value is -1.82. The fourth-order valence-electron chi connectivity index (χ4n) is 1.41. The van der Waals surface area contributed by atoms with E-state index in [9.17, 15) is 14.4 Å².